The van der Waals surface area contributed by atoms with Crippen LogP contribution in [0.5, 0.6) is 0 Å². The van der Waals surface area contributed by atoms with Gasteiger partial charge in [-0.3, -0.25) is 4.79 Å². The second kappa shape index (κ2) is 10.7. The maximum Gasteiger partial charge on any atom is 0.238 e. The van der Waals surface area contributed by atoms with Crippen LogP contribution in [0.15, 0.2) is 0 Å². The van der Waals surface area contributed by atoms with Crippen molar-refractivity contribution in [1.82, 2.24) is 10.6 Å². The van der Waals surface area contributed by atoms with E-state index in [9.17, 15) is 13.2 Å². The quantitative estimate of drug-likeness (QED) is 0.696. The Labute approximate surface area is 159 Å². The summed E-state index contributed by atoms with van der Waals surface area (Å²) in [6.45, 7) is 6.35. The zero-order chi connectivity index (χ0) is 17.6. The van der Waals surface area contributed by atoms with Crippen LogP contribution in [-0.2, 0) is 14.6 Å². The second-order valence-corrected chi connectivity index (χ2v) is 10.2. The molecule has 1 heterocycles. The molecule has 2 atom stereocenters. The van der Waals surface area contributed by atoms with Crippen molar-refractivity contribution in [2.75, 3.05) is 19.6 Å². The highest BCUT2D eigenvalue weighted by Crippen LogP contribution is 2.29. The van der Waals surface area contributed by atoms with E-state index in [1.165, 1.54) is 12.8 Å². The van der Waals surface area contributed by atoms with Gasteiger partial charge in [-0.25, -0.2) is 8.42 Å². The van der Waals surface area contributed by atoms with Crippen LogP contribution in [0.1, 0.15) is 65.2 Å². The number of carbonyl (C=O) groups excluding carboxylic acids is 1. The molecule has 1 saturated carbocycles. The predicted molar refractivity (Wildman–Crippen MR) is 105 cm³/mol. The van der Waals surface area contributed by atoms with E-state index in [4.69, 9.17) is 0 Å². The Balaban J connectivity index is 0.00000312. The van der Waals surface area contributed by atoms with Crippen LogP contribution in [0, 0.1) is 11.8 Å². The molecule has 7 heteroatoms. The van der Waals surface area contributed by atoms with Gasteiger partial charge in [-0.05, 0) is 57.0 Å². The van der Waals surface area contributed by atoms with E-state index in [1.54, 1.807) is 0 Å². The zero-order valence-electron chi connectivity index (χ0n) is 15.6. The molecule has 0 aromatic rings. The zero-order valence-corrected chi connectivity index (χ0v) is 17.3. The summed E-state index contributed by atoms with van der Waals surface area (Å²) >= 11 is 0. The number of nitrogens with one attached hydrogen (secondary N) is 2. The molecule has 2 aliphatic rings. The predicted octanol–water partition coefficient (Wildman–Crippen LogP) is 2.69. The standard InChI is InChI=1S/C18H34N2O3S.ClH/c1-14(2)17(24(22,23)16-8-4-3-5-9-16)18(21)20-12-10-15-7-6-11-19-13-15;/h14-17,19H,3-13H2,1-2H3,(H,20,21);1H. The molecule has 1 amide bonds. The van der Waals surface area contributed by atoms with Gasteiger partial charge in [-0.15, -0.1) is 12.4 Å². The van der Waals surface area contributed by atoms with Gasteiger partial charge in [0.2, 0.25) is 5.91 Å². The van der Waals surface area contributed by atoms with Gasteiger partial charge in [0.25, 0.3) is 0 Å². The number of halogens is 1. The fourth-order valence-electron chi connectivity index (χ4n) is 4.10. The second-order valence-electron chi connectivity index (χ2n) is 7.81. The van der Waals surface area contributed by atoms with E-state index >= 15 is 0 Å². The average Bonchev–Trinajstić information content (AvgIpc) is 2.56. The third-order valence-corrected chi connectivity index (χ3v) is 8.35. The first-order chi connectivity index (χ1) is 11.4. The minimum atomic E-state index is -3.40. The van der Waals surface area contributed by atoms with Crippen LogP contribution >= 0.6 is 12.4 Å². The molecular weight excluding hydrogens is 360 g/mol. The van der Waals surface area contributed by atoms with E-state index in [1.807, 2.05) is 13.8 Å². The van der Waals surface area contributed by atoms with Crippen molar-refractivity contribution in [2.24, 2.45) is 11.8 Å². The summed E-state index contributed by atoms with van der Waals surface area (Å²) in [5.74, 6) is 0.110. The number of piperidine rings is 1. The van der Waals surface area contributed by atoms with Gasteiger partial charge in [0.1, 0.15) is 5.25 Å². The van der Waals surface area contributed by atoms with Gasteiger partial charge in [0.15, 0.2) is 9.84 Å². The van der Waals surface area contributed by atoms with E-state index < -0.39 is 15.1 Å². The van der Waals surface area contributed by atoms with Crippen molar-refractivity contribution < 1.29 is 13.2 Å². The molecular formula is C18H35ClN2O3S. The molecule has 0 spiro atoms. The molecule has 2 fully saturated rings. The van der Waals surface area contributed by atoms with Crippen molar-refractivity contribution in [2.45, 2.75) is 75.7 Å². The summed E-state index contributed by atoms with van der Waals surface area (Å²) < 4.78 is 25.9. The minimum absolute atomic E-state index is 0. The topological polar surface area (TPSA) is 75.3 Å². The smallest absolute Gasteiger partial charge is 0.238 e. The summed E-state index contributed by atoms with van der Waals surface area (Å²) in [6, 6.07) is 0. The SMILES string of the molecule is CC(C)C(C(=O)NCCC1CCCNC1)S(=O)(=O)C1CCCCC1.Cl. The Morgan fingerprint density at radius 3 is 2.36 bits per heavy atom. The lowest BCUT2D eigenvalue weighted by Crippen LogP contribution is -2.47. The number of hydrogen-bond acceptors (Lipinski definition) is 4. The lowest BCUT2D eigenvalue weighted by atomic mass is 9.96. The van der Waals surface area contributed by atoms with Gasteiger partial charge in [0.05, 0.1) is 5.25 Å². The van der Waals surface area contributed by atoms with E-state index in [0.29, 0.717) is 25.3 Å². The van der Waals surface area contributed by atoms with E-state index in [-0.39, 0.29) is 29.5 Å². The lowest BCUT2D eigenvalue weighted by Gasteiger charge is -2.29. The first kappa shape index (κ1) is 22.7. The summed E-state index contributed by atoms with van der Waals surface area (Å²) in [6.07, 6.45) is 7.77. The molecule has 5 nitrogen and oxygen atoms in total. The molecule has 2 rings (SSSR count). The number of amides is 1. The molecule has 1 saturated heterocycles. The lowest BCUT2D eigenvalue weighted by molar-refractivity contribution is -0.121. The Morgan fingerprint density at radius 2 is 1.80 bits per heavy atom. The van der Waals surface area contributed by atoms with Gasteiger partial charge in [-0.2, -0.15) is 0 Å². The molecule has 0 bridgehead atoms. The highest BCUT2D eigenvalue weighted by Gasteiger charge is 2.40. The number of hydrogen-bond donors (Lipinski definition) is 2. The highest BCUT2D eigenvalue weighted by atomic mass is 35.5. The Kier molecular flexibility index (Phi) is 9.75. The van der Waals surface area contributed by atoms with Crippen molar-refractivity contribution in [1.29, 1.82) is 0 Å². The van der Waals surface area contributed by atoms with Crippen molar-refractivity contribution in [3.63, 3.8) is 0 Å². The molecule has 25 heavy (non-hydrogen) atoms. The van der Waals surface area contributed by atoms with Crippen molar-refractivity contribution in [3.05, 3.63) is 0 Å². The molecule has 1 aliphatic heterocycles. The Hall–Kier alpha value is -0.330. The molecule has 0 aromatic heterocycles. The molecule has 0 radical (unpaired) electrons. The van der Waals surface area contributed by atoms with Crippen LogP contribution in [0.4, 0.5) is 0 Å². The summed E-state index contributed by atoms with van der Waals surface area (Å²) in [5, 5.41) is 5.06. The fraction of sp³-hybridized carbons (Fsp3) is 0.944. The molecule has 1 aliphatic carbocycles. The molecule has 148 valence electrons. The maximum absolute atomic E-state index is 13.0. The van der Waals surface area contributed by atoms with Gasteiger partial charge in [-0.1, -0.05) is 33.1 Å². The number of carbonyl (C=O) groups is 1. The number of sulfone groups is 1. The third-order valence-electron chi connectivity index (χ3n) is 5.49. The molecule has 2 unspecified atom stereocenters. The van der Waals surface area contributed by atoms with Crippen LogP contribution in [-0.4, -0.2) is 44.5 Å². The Morgan fingerprint density at radius 1 is 1.12 bits per heavy atom. The van der Waals surface area contributed by atoms with Crippen LogP contribution in [0.2, 0.25) is 0 Å². The Bertz CT molecular complexity index is 498. The largest absolute Gasteiger partial charge is 0.355 e. The van der Waals surface area contributed by atoms with Gasteiger partial charge < -0.3 is 10.6 Å². The van der Waals surface area contributed by atoms with Crippen molar-refractivity contribution in [3.8, 4) is 0 Å². The maximum atomic E-state index is 13.0. The first-order valence-electron chi connectivity index (χ1n) is 9.64. The van der Waals surface area contributed by atoms with Gasteiger partial charge in [0, 0.05) is 6.54 Å². The highest BCUT2D eigenvalue weighted by molar-refractivity contribution is 7.93. The monoisotopic (exact) mass is 394 g/mol. The van der Waals surface area contributed by atoms with Crippen LogP contribution in [0.3, 0.4) is 0 Å². The summed E-state index contributed by atoms with van der Waals surface area (Å²) in [4.78, 5) is 12.6. The van der Waals surface area contributed by atoms with Crippen LogP contribution < -0.4 is 10.6 Å². The molecule has 0 aromatic carbocycles. The average molecular weight is 395 g/mol. The van der Waals surface area contributed by atoms with Crippen molar-refractivity contribution >= 4 is 28.2 Å². The normalized spacial score (nSPS) is 23.7. The fourth-order valence-corrected chi connectivity index (χ4v) is 6.65. The summed E-state index contributed by atoms with van der Waals surface area (Å²) in [5.41, 5.74) is 0. The number of rotatable bonds is 7. The minimum Gasteiger partial charge on any atom is -0.355 e. The summed E-state index contributed by atoms with van der Waals surface area (Å²) in [7, 11) is -3.40. The van der Waals surface area contributed by atoms with E-state index in [0.717, 1.165) is 38.8 Å². The van der Waals surface area contributed by atoms with Gasteiger partial charge >= 0.3 is 0 Å². The van der Waals surface area contributed by atoms with Crippen LogP contribution in [0.25, 0.3) is 0 Å². The first-order valence-corrected chi connectivity index (χ1v) is 11.2. The molecule has 2 N–H and O–H groups in total. The van der Waals surface area contributed by atoms with E-state index in [2.05, 4.69) is 10.6 Å². The third kappa shape index (κ3) is 6.40.